The van der Waals surface area contributed by atoms with E-state index in [0.29, 0.717) is 11.2 Å². The van der Waals surface area contributed by atoms with Crippen LogP contribution in [0.1, 0.15) is 32.1 Å². The van der Waals surface area contributed by atoms with E-state index in [4.69, 9.17) is 4.74 Å². The zero-order chi connectivity index (χ0) is 26.3. The van der Waals surface area contributed by atoms with Crippen LogP contribution in [0.2, 0.25) is 0 Å². The minimum Gasteiger partial charge on any atom is -0.508 e. The number of nitrogens with zero attached hydrogens (tertiary/aromatic N) is 3. The van der Waals surface area contributed by atoms with Gasteiger partial charge in [0.15, 0.2) is 0 Å². The number of pyridine rings is 2. The average Bonchev–Trinajstić information content (AvgIpc) is 3.57. The largest absolute Gasteiger partial charge is 0.508 e. The van der Waals surface area contributed by atoms with Gasteiger partial charge in [-0.1, -0.05) is 12.5 Å². The Morgan fingerprint density at radius 1 is 0.872 bits per heavy atom. The van der Waals surface area contributed by atoms with Crippen LogP contribution in [0.5, 0.6) is 11.5 Å². The number of phenolic OH excluding ortho intramolecular Hbond substituents is 1. The van der Waals surface area contributed by atoms with Crippen LogP contribution in [0.25, 0.3) is 55.6 Å². The fraction of sp³-hybridized carbons (Fsp3) is 0.194. The summed E-state index contributed by atoms with van der Waals surface area (Å²) in [6, 6.07) is 16.0. The number of phenols is 1. The Morgan fingerprint density at radius 3 is 2.64 bits per heavy atom. The molecule has 6 aromatic rings. The van der Waals surface area contributed by atoms with Crippen molar-refractivity contribution in [3.63, 3.8) is 0 Å². The number of aromatic hydroxyl groups is 1. The number of rotatable bonds is 5. The number of nitrogens with one attached hydrogen (secondary N) is 2. The Hall–Kier alpha value is -4.72. The zero-order valence-corrected chi connectivity index (χ0v) is 21.1. The maximum atomic E-state index is 14.0. The number of H-pyrrole nitrogens is 2. The third kappa shape index (κ3) is 4.48. The van der Waals surface area contributed by atoms with Crippen LogP contribution >= 0.6 is 0 Å². The van der Waals surface area contributed by atoms with Crippen molar-refractivity contribution in [3.05, 3.63) is 79.0 Å². The molecule has 8 heteroatoms. The van der Waals surface area contributed by atoms with Crippen molar-refractivity contribution in [3.8, 4) is 45.1 Å². The quantitative estimate of drug-likeness (QED) is 0.220. The van der Waals surface area contributed by atoms with Gasteiger partial charge < -0.3 is 14.8 Å². The van der Waals surface area contributed by atoms with Gasteiger partial charge in [-0.2, -0.15) is 5.10 Å². The third-order valence-corrected chi connectivity index (χ3v) is 7.44. The second-order valence-corrected chi connectivity index (χ2v) is 10.1. The Kier molecular flexibility index (Phi) is 5.73. The highest BCUT2D eigenvalue weighted by Crippen LogP contribution is 2.36. The summed E-state index contributed by atoms with van der Waals surface area (Å²) in [6.45, 7) is 0. The molecule has 2 aromatic carbocycles. The molecule has 0 bridgehead atoms. The molecule has 0 radical (unpaired) electrons. The van der Waals surface area contributed by atoms with E-state index in [0.717, 1.165) is 69.0 Å². The van der Waals surface area contributed by atoms with Crippen LogP contribution in [0.4, 0.5) is 4.39 Å². The van der Waals surface area contributed by atoms with Crippen LogP contribution in [0.3, 0.4) is 0 Å². The zero-order valence-electron chi connectivity index (χ0n) is 21.1. The molecule has 0 spiro atoms. The first-order valence-electron chi connectivity index (χ1n) is 13.2. The molecule has 7 nitrogen and oxygen atoms in total. The number of aromatic amines is 2. The van der Waals surface area contributed by atoms with Crippen molar-refractivity contribution in [1.29, 1.82) is 0 Å². The lowest BCUT2D eigenvalue weighted by molar-refractivity contribution is 0.154. The van der Waals surface area contributed by atoms with E-state index in [1.807, 2.05) is 30.5 Å². The summed E-state index contributed by atoms with van der Waals surface area (Å²) in [5.74, 6) is 0.169. The number of ether oxygens (including phenoxy) is 1. The molecule has 1 saturated carbocycles. The minimum absolute atomic E-state index is 0.126. The summed E-state index contributed by atoms with van der Waals surface area (Å²) in [6.07, 6.45) is 11.5. The number of hydrogen-bond donors (Lipinski definition) is 3. The van der Waals surface area contributed by atoms with E-state index in [1.54, 1.807) is 18.5 Å². The van der Waals surface area contributed by atoms with E-state index in [1.165, 1.54) is 25.3 Å². The lowest BCUT2D eigenvalue weighted by atomic mass is 9.98. The number of benzene rings is 2. The summed E-state index contributed by atoms with van der Waals surface area (Å²) < 4.78 is 20.3. The average molecular weight is 520 g/mol. The maximum absolute atomic E-state index is 14.0. The second-order valence-electron chi connectivity index (χ2n) is 10.1. The lowest BCUT2D eigenvalue weighted by Gasteiger charge is -2.23. The van der Waals surface area contributed by atoms with E-state index in [9.17, 15) is 9.50 Å². The molecule has 1 aliphatic rings. The van der Waals surface area contributed by atoms with Crippen molar-refractivity contribution in [2.45, 2.75) is 38.2 Å². The van der Waals surface area contributed by atoms with Gasteiger partial charge in [0.05, 0.1) is 23.5 Å². The van der Waals surface area contributed by atoms with Gasteiger partial charge in [-0.25, -0.2) is 9.37 Å². The molecule has 0 atom stereocenters. The van der Waals surface area contributed by atoms with Crippen molar-refractivity contribution >= 4 is 21.9 Å². The number of fused-ring (bicyclic) bond motifs is 2. The molecular formula is C31H26FN5O2. The van der Waals surface area contributed by atoms with Gasteiger partial charge in [-0.05, 0) is 84.8 Å². The van der Waals surface area contributed by atoms with Gasteiger partial charge in [-0.3, -0.25) is 10.1 Å². The minimum atomic E-state index is -0.501. The van der Waals surface area contributed by atoms with Crippen LogP contribution in [0.15, 0.2) is 73.2 Å². The van der Waals surface area contributed by atoms with E-state index < -0.39 is 5.82 Å². The lowest BCUT2D eigenvalue weighted by Crippen LogP contribution is -2.19. The number of halogens is 1. The molecule has 0 unspecified atom stereocenters. The second kappa shape index (κ2) is 9.54. The monoisotopic (exact) mass is 519 g/mol. The van der Waals surface area contributed by atoms with E-state index in [-0.39, 0.29) is 11.9 Å². The van der Waals surface area contributed by atoms with Crippen molar-refractivity contribution < 1.29 is 14.2 Å². The molecule has 194 valence electrons. The highest BCUT2D eigenvalue weighted by Gasteiger charge is 2.17. The van der Waals surface area contributed by atoms with Crippen molar-refractivity contribution in [2.24, 2.45) is 0 Å². The van der Waals surface area contributed by atoms with E-state index >= 15 is 0 Å². The molecule has 0 amide bonds. The standard InChI is InChI=1S/C31H26FN5O2/c32-21-10-19(11-22(38)14-21)25-8-9-34-31-26(25)15-29(35-31)30-27-13-18(6-7-28(27)36-37-30)20-12-24(17-33-16-20)39-23-4-2-1-3-5-23/h6-17,23,38H,1-5H2,(H,34,35)(H,36,37). The van der Waals surface area contributed by atoms with Gasteiger partial charge >= 0.3 is 0 Å². The van der Waals surface area contributed by atoms with Gasteiger partial charge in [0.1, 0.15) is 28.7 Å². The van der Waals surface area contributed by atoms with Crippen LogP contribution < -0.4 is 4.74 Å². The fourth-order valence-electron chi connectivity index (χ4n) is 5.55. The summed E-state index contributed by atoms with van der Waals surface area (Å²) in [4.78, 5) is 12.3. The third-order valence-electron chi connectivity index (χ3n) is 7.44. The Labute approximate surface area is 223 Å². The topological polar surface area (TPSA) is 99.7 Å². The maximum Gasteiger partial charge on any atom is 0.138 e. The summed E-state index contributed by atoms with van der Waals surface area (Å²) in [5.41, 5.74) is 6.40. The first-order chi connectivity index (χ1) is 19.1. The Bertz CT molecular complexity index is 1800. The molecule has 7 rings (SSSR count). The molecule has 1 aliphatic carbocycles. The van der Waals surface area contributed by atoms with Gasteiger partial charge in [-0.15, -0.1) is 0 Å². The van der Waals surface area contributed by atoms with Crippen LogP contribution in [-0.2, 0) is 0 Å². The molecule has 4 aromatic heterocycles. The first-order valence-corrected chi connectivity index (χ1v) is 13.2. The molecule has 0 aliphatic heterocycles. The van der Waals surface area contributed by atoms with Gasteiger partial charge in [0.2, 0.25) is 0 Å². The van der Waals surface area contributed by atoms with Gasteiger partial charge in [0.25, 0.3) is 0 Å². The Morgan fingerprint density at radius 2 is 1.77 bits per heavy atom. The first kappa shape index (κ1) is 23.4. The van der Waals surface area contributed by atoms with Crippen molar-refractivity contribution in [1.82, 2.24) is 25.1 Å². The fourth-order valence-corrected chi connectivity index (χ4v) is 5.55. The molecule has 4 heterocycles. The highest BCUT2D eigenvalue weighted by atomic mass is 19.1. The van der Waals surface area contributed by atoms with Gasteiger partial charge in [0, 0.05) is 34.8 Å². The molecule has 0 saturated heterocycles. The van der Waals surface area contributed by atoms with Crippen LogP contribution in [0, 0.1) is 5.82 Å². The van der Waals surface area contributed by atoms with Crippen LogP contribution in [-0.4, -0.2) is 36.4 Å². The molecule has 3 N–H and O–H groups in total. The van der Waals surface area contributed by atoms with Crippen molar-refractivity contribution in [2.75, 3.05) is 0 Å². The molecule has 39 heavy (non-hydrogen) atoms. The molecular weight excluding hydrogens is 493 g/mol. The molecule has 1 fully saturated rings. The number of hydrogen-bond acceptors (Lipinski definition) is 5. The smallest absolute Gasteiger partial charge is 0.138 e. The summed E-state index contributed by atoms with van der Waals surface area (Å²) in [7, 11) is 0. The highest BCUT2D eigenvalue weighted by molar-refractivity contribution is 6.00. The van der Waals surface area contributed by atoms with E-state index in [2.05, 4.69) is 37.3 Å². The predicted octanol–water partition coefficient (Wildman–Crippen LogP) is 7.39. The summed E-state index contributed by atoms with van der Waals surface area (Å²) in [5, 5.41) is 19.4. The predicted molar refractivity (Wildman–Crippen MR) is 149 cm³/mol. The SMILES string of the molecule is Oc1cc(F)cc(-c2ccnc3[nH]c(-c4n[nH]c5ccc(-c6cncc(OC7CCCCC7)c6)cc45)cc23)c1. The summed E-state index contributed by atoms with van der Waals surface area (Å²) >= 11 is 0. The normalized spacial score (nSPS) is 14.3. The Balaban J connectivity index is 1.26. The number of aromatic nitrogens is 5.